The van der Waals surface area contributed by atoms with Gasteiger partial charge in [0.1, 0.15) is 18.4 Å². The number of nitrogens with two attached hydrogens (primary N) is 1. The number of hydrogen-bond donors (Lipinski definition) is 3. The van der Waals surface area contributed by atoms with Crippen molar-refractivity contribution in [1.29, 1.82) is 0 Å². The summed E-state index contributed by atoms with van der Waals surface area (Å²) >= 11 is 0. The number of carbonyl (C=O) groups excluding carboxylic acids is 1. The van der Waals surface area contributed by atoms with Crippen LogP contribution in [0.2, 0.25) is 0 Å². The van der Waals surface area contributed by atoms with Gasteiger partial charge in [-0.2, -0.15) is 15.0 Å². The van der Waals surface area contributed by atoms with Crippen LogP contribution in [0.15, 0.2) is 30.5 Å². The highest BCUT2D eigenvalue weighted by Gasteiger charge is 2.32. The number of nitrogens with zero attached hydrogens (tertiary/aromatic N) is 9. The fourth-order valence-electron chi connectivity index (χ4n) is 5.91. The number of phenols is 1. The lowest BCUT2D eigenvalue weighted by Gasteiger charge is -2.36. The molecule has 0 bridgehead atoms. The van der Waals surface area contributed by atoms with Crippen molar-refractivity contribution in [1.82, 2.24) is 34.8 Å². The third-order valence-corrected chi connectivity index (χ3v) is 9.34. The van der Waals surface area contributed by atoms with Gasteiger partial charge in [0.15, 0.2) is 0 Å². The summed E-state index contributed by atoms with van der Waals surface area (Å²) in [6.45, 7) is 11.7. The molecule has 3 aromatic rings. The minimum Gasteiger partial charge on any atom is -0.508 e. The molecule has 1 aromatic carbocycles. The van der Waals surface area contributed by atoms with Crippen LogP contribution in [0.3, 0.4) is 0 Å². The van der Waals surface area contributed by atoms with E-state index in [9.17, 15) is 9.90 Å². The maximum Gasteiger partial charge on any atom is 0.247 e. The SMILES string of the molecule is C#CCOCCOCCOCCNc1nc(N2CCOCC2)nc(N2CCN(C(=O)[C@@H](Cc3ccc(O)cc3)n3cc([C@@H](N)C(C)CC)nn3)CC2)n1.Cl. The molecule has 0 spiro atoms. The van der Waals surface area contributed by atoms with E-state index in [1.165, 1.54) is 0 Å². The zero-order valence-corrected chi connectivity index (χ0v) is 32.0. The van der Waals surface area contributed by atoms with Crippen LogP contribution in [0.1, 0.15) is 43.6 Å². The first kappa shape index (κ1) is 42.4. The minimum absolute atomic E-state index is 0. The van der Waals surface area contributed by atoms with Gasteiger partial charge in [-0.1, -0.05) is 43.5 Å². The van der Waals surface area contributed by atoms with Gasteiger partial charge in [0.05, 0.1) is 64.2 Å². The first-order valence-corrected chi connectivity index (χ1v) is 18.3. The van der Waals surface area contributed by atoms with Gasteiger partial charge in [-0.05, 0) is 23.6 Å². The summed E-state index contributed by atoms with van der Waals surface area (Å²) in [6.07, 6.45) is 8.24. The Morgan fingerprint density at radius 1 is 0.963 bits per heavy atom. The summed E-state index contributed by atoms with van der Waals surface area (Å²) in [5.74, 6) is 4.29. The van der Waals surface area contributed by atoms with Gasteiger partial charge in [0, 0.05) is 52.2 Å². The van der Waals surface area contributed by atoms with Crippen LogP contribution in [0.25, 0.3) is 0 Å². The third-order valence-electron chi connectivity index (χ3n) is 9.34. The lowest BCUT2D eigenvalue weighted by molar-refractivity contribution is -0.135. The van der Waals surface area contributed by atoms with E-state index in [0.717, 1.165) is 12.0 Å². The monoisotopic (exact) mass is 771 g/mol. The molecule has 2 aromatic heterocycles. The number of hydrogen-bond acceptors (Lipinski definition) is 15. The number of anilines is 3. The molecule has 1 amide bonds. The molecule has 0 radical (unpaired) electrons. The smallest absolute Gasteiger partial charge is 0.247 e. The lowest BCUT2D eigenvalue weighted by atomic mass is 9.98. The molecule has 0 saturated carbocycles. The largest absolute Gasteiger partial charge is 0.508 e. The molecule has 18 heteroatoms. The summed E-state index contributed by atoms with van der Waals surface area (Å²) in [6, 6.07) is 5.95. The van der Waals surface area contributed by atoms with Gasteiger partial charge in [-0.15, -0.1) is 23.9 Å². The molecule has 0 aliphatic carbocycles. The first-order chi connectivity index (χ1) is 25.9. The first-order valence-electron chi connectivity index (χ1n) is 18.3. The maximum absolute atomic E-state index is 14.2. The fraction of sp³-hybridized carbons (Fsp3) is 0.611. The van der Waals surface area contributed by atoms with Crippen LogP contribution in [0.4, 0.5) is 17.8 Å². The molecule has 296 valence electrons. The molecule has 2 aliphatic heterocycles. The molecule has 17 nitrogen and oxygen atoms in total. The average molecular weight is 772 g/mol. The number of morpholine rings is 1. The Morgan fingerprint density at radius 3 is 2.24 bits per heavy atom. The molecule has 4 heterocycles. The number of ether oxygens (including phenoxy) is 4. The maximum atomic E-state index is 14.2. The van der Waals surface area contributed by atoms with Crippen LogP contribution in [0, 0.1) is 18.3 Å². The molecule has 54 heavy (non-hydrogen) atoms. The second-order valence-electron chi connectivity index (χ2n) is 13.0. The number of terminal acetylenes is 1. The van der Waals surface area contributed by atoms with Crippen molar-refractivity contribution >= 4 is 36.2 Å². The normalized spacial score (nSPS) is 16.3. The molecule has 2 saturated heterocycles. The number of halogens is 1. The van der Waals surface area contributed by atoms with Crippen molar-refractivity contribution in [2.75, 3.05) is 114 Å². The van der Waals surface area contributed by atoms with Crippen LogP contribution >= 0.6 is 12.4 Å². The predicted molar refractivity (Wildman–Crippen MR) is 206 cm³/mol. The Morgan fingerprint density at radius 2 is 1.59 bits per heavy atom. The predicted octanol–water partition coefficient (Wildman–Crippen LogP) is 1.70. The van der Waals surface area contributed by atoms with Crippen molar-refractivity contribution in [3.63, 3.8) is 0 Å². The Balaban J connectivity index is 0.00000650. The molecule has 4 N–H and O–H groups in total. The summed E-state index contributed by atoms with van der Waals surface area (Å²) in [7, 11) is 0. The van der Waals surface area contributed by atoms with E-state index >= 15 is 0 Å². The standard InChI is InChI=1S/C36H53N11O6.ClH/c1-4-17-50-21-23-53-24-22-51-18-10-38-34-39-35(41-36(40-34)46-15-19-52-20-16-46)45-13-11-44(12-14-45)33(49)31(25-28-6-8-29(48)9-7-28)47-26-30(42-43-47)32(37)27(3)5-2;/h1,6-9,26-27,31-32,48H,5,10-25,37H2,2-3H3,(H,38,39,40,41);1H/t27?,31-,32+;/m1./s1. The van der Waals surface area contributed by atoms with Crippen molar-refractivity contribution in [2.24, 2.45) is 11.7 Å². The molecule has 3 atom stereocenters. The Hall–Kier alpha value is -4.31. The van der Waals surface area contributed by atoms with Crippen LogP contribution < -0.4 is 20.9 Å². The van der Waals surface area contributed by atoms with Crippen molar-refractivity contribution in [2.45, 2.75) is 38.8 Å². The van der Waals surface area contributed by atoms with Crippen molar-refractivity contribution < 1.29 is 28.8 Å². The van der Waals surface area contributed by atoms with E-state index < -0.39 is 6.04 Å². The molecule has 2 aliphatic rings. The molecule has 5 rings (SSSR count). The average Bonchev–Trinajstić information content (AvgIpc) is 3.69. The van der Waals surface area contributed by atoms with Gasteiger partial charge in [-0.25, -0.2) is 4.68 Å². The summed E-state index contributed by atoms with van der Waals surface area (Å²) in [4.78, 5) is 34.6. The Kier molecular flexibility index (Phi) is 17.4. The van der Waals surface area contributed by atoms with Crippen LogP contribution in [-0.4, -0.2) is 145 Å². The quantitative estimate of drug-likeness (QED) is 0.111. The number of carbonyl (C=O) groups is 1. The van der Waals surface area contributed by atoms with Gasteiger partial charge in [0.25, 0.3) is 0 Å². The molecular formula is C36H54ClN11O6. The van der Waals surface area contributed by atoms with Gasteiger partial charge in [0.2, 0.25) is 23.8 Å². The van der Waals surface area contributed by atoms with Crippen molar-refractivity contribution in [3.8, 4) is 18.1 Å². The number of aromatic hydroxyl groups is 1. The minimum atomic E-state index is -0.640. The highest BCUT2D eigenvalue weighted by Crippen LogP contribution is 2.25. The fourth-order valence-corrected chi connectivity index (χ4v) is 5.91. The number of phenolic OH excluding ortho intramolecular Hbond substituents is 1. The Bertz CT molecular complexity index is 1600. The second-order valence-corrected chi connectivity index (χ2v) is 13.0. The zero-order chi connectivity index (χ0) is 37.4. The molecule has 1 unspecified atom stereocenters. The van der Waals surface area contributed by atoms with Gasteiger partial charge >= 0.3 is 0 Å². The highest BCUT2D eigenvalue weighted by molar-refractivity contribution is 5.85. The van der Waals surface area contributed by atoms with E-state index in [1.807, 2.05) is 17.0 Å². The van der Waals surface area contributed by atoms with E-state index in [4.69, 9.17) is 46.1 Å². The van der Waals surface area contributed by atoms with Crippen LogP contribution in [0.5, 0.6) is 5.75 Å². The number of amides is 1. The van der Waals surface area contributed by atoms with E-state index in [0.29, 0.717) is 122 Å². The number of nitrogens with one attached hydrogen (secondary N) is 1. The number of aromatic nitrogens is 6. The Labute approximate surface area is 323 Å². The van der Waals surface area contributed by atoms with Crippen LogP contribution in [-0.2, 0) is 30.2 Å². The third kappa shape index (κ3) is 12.4. The number of benzene rings is 1. The summed E-state index contributed by atoms with van der Waals surface area (Å²) < 4.78 is 23.6. The molecular weight excluding hydrogens is 718 g/mol. The molecule has 2 fully saturated rings. The highest BCUT2D eigenvalue weighted by atomic mass is 35.5. The number of rotatable bonds is 20. The van der Waals surface area contributed by atoms with E-state index in [2.05, 4.69) is 45.2 Å². The zero-order valence-electron chi connectivity index (χ0n) is 31.2. The lowest BCUT2D eigenvalue weighted by Crippen LogP contribution is -2.51. The van der Waals surface area contributed by atoms with E-state index in [-0.39, 0.29) is 42.6 Å². The van der Waals surface area contributed by atoms with Crippen molar-refractivity contribution in [3.05, 3.63) is 41.7 Å². The second kappa shape index (κ2) is 22.2. The number of piperazine rings is 1. The van der Waals surface area contributed by atoms with Gasteiger partial charge < -0.3 is 49.8 Å². The van der Waals surface area contributed by atoms with E-state index in [1.54, 1.807) is 23.0 Å². The summed E-state index contributed by atoms with van der Waals surface area (Å²) in [5.41, 5.74) is 8.02. The topological polar surface area (TPSA) is 191 Å². The summed E-state index contributed by atoms with van der Waals surface area (Å²) in [5, 5.41) is 21.9. The van der Waals surface area contributed by atoms with Gasteiger partial charge in [-0.3, -0.25) is 4.79 Å².